The number of benzene rings is 1. The van der Waals surface area contributed by atoms with Crippen LogP contribution in [0.3, 0.4) is 0 Å². The van der Waals surface area contributed by atoms with Gasteiger partial charge in [0.15, 0.2) is 14.1 Å². The Bertz CT molecular complexity index is 818. The van der Waals surface area contributed by atoms with Gasteiger partial charge in [0.25, 0.3) is 0 Å². The zero-order chi connectivity index (χ0) is 25.7. The van der Waals surface area contributed by atoms with Crippen LogP contribution in [0.25, 0.3) is 0 Å². The minimum atomic E-state index is -1.89. The second-order valence-electron chi connectivity index (χ2n) is 11.2. The van der Waals surface area contributed by atoms with Crippen LogP contribution < -0.4 is 0 Å². The number of ether oxygens (including phenoxy) is 3. The number of alkyl halides is 1. The van der Waals surface area contributed by atoms with E-state index in [4.69, 9.17) is 18.6 Å². The summed E-state index contributed by atoms with van der Waals surface area (Å²) in [6, 6.07) is 9.08. The highest BCUT2D eigenvalue weighted by Crippen LogP contribution is 2.38. The number of hydrogen-bond donors (Lipinski definition) is 0. The average molecular weight is 603 g/mol. The largest absolute Gasteiger partial charge is 0.452 e. The first-order valence-corrected chi connectivity index (χ1v) is 16.6. The van der Waals surface area contributed by atoms with E-state index in [1.807, 2.05) is 38.1 Å². The van der Waals surface area contributed by atoms with Gasteiger partial charge in [0, 0.05) is 10.5 Å². The Hall–Kier alpha value is -0.743. The summed E-state index contributed by atoms with van der Waals surface area (Å²) < 4.78 is 25.9. The molecule has 1 heterocycles. The standard InChI is InChI=1S/C27H43IO5Si/c1-19(20(2)33-34(8,9)26(3,4)5)15-16-22(30-25(29)21-13-11-10-12-14-21)24-23(17-18-28)31-27(6,7)32-24/h10-16,19-20,22-24H,17-18H2,1-9H3/b16-15-/t19-,20+,22?,23+,24-/m1/s1. The molecule has 0 spiro atoms. The molecule has 1 saturated heterocycles. The predicted molar refractivity (Wildman–Crippen MR) is 149 cm³/mol. The van der Waals surface area contributed by atoms with E-state index in [1.165, 1.54) is 0 Å². The zero-order valence-corrected chi connectivity index (χ0v) is 25.4. The molecule has 0 bridgehead atoms. The molecule has 192 valence electrons. The quantitative estimate of drug-likeness (QED) is 0.0936. The molecule has 5 atom stereocenters. The summed E-state index contributed by atoms with van der Waals surface area (Å²) in [5.74, 6) is -0.947. The fourth-order valence-electron chi connectivity index (χ4n) is 3.64. The Balaban J connectivity index is 2.24. The van der Waals surface area contributed by atoms with Crippen molar-refractivity contribution in [1.29, 1.82) is 0 Å². The lowest BCUT2D eigenvalue weighted by atomic mass is 10.0. The van der Waals surface area contributed by atoms with Crippen LogP contribution in [0.15, 0.2) is 42.5 Å². The third kappa shape index (κ3) is 8.15. The summed E-state index contributed by atoms with van der Waals surface area (Å²) in [6.07, 6.45) is 3.83. The highest BCUT2D eigenvalue weighted by atomic mass is 127. The van der Waals surface area contributed by atoms with Crippen molar-refractivity contribution in [3.63, 3.8) is 0 Å². The molecule has 1 aromatic carbocycles. The van der Waals surface area contributed by atoms with Crippen molar-refractivity contribution in [3.05, 3.63) is 48.0 Å². The molecule has 1 unspecified atom stereocenters. The van der Waals surface area contributed by atoms with Crippen molar-refractivity contribution < 1.29 is 23.4 Å². The fraction of sp³-hybridized carbons (Fsp3) is 0.667. The van der Waals surface area contributed by atoms with E-state index in [-0.39, 0.29) is 35.2 Å². The van der Waals surface area contributed by atoms with Crippen LogP contribution in [0.1, 0.15) is 65.2 Å². The second kappa shape index (κ2) is 12.0. The first-order chi connectivity index (χ1) is 15.7. The van der Waals surface area contributed by atoms with Crippen LogP contribution in [0.2, 0.25) is 18.1 Å². The molecule has 5 nitrogen and oxygen atoms in total. The van der Waals surface area contributed by atoms with Gasteiger partial charge < -0.3 is 18.6 Å². The Morgan fingerprint density at radius 3 is 2.32 bits per heavy atom. The van der Waals surface area contributed by atoms with Gasteiger partial charge in [-0.2, -0.15) is 0 Å². The number of rotatable bonds is 10. The SMILES string of the molecule is C[C@H](/C=C\C(OC(=O)c1ccccc1)[C@H]1OC(C)(C)O[C@H]1CCI)[C@H](C)O[Si](C)(C)C(C)(C)C. The first-order valence-electron chi connectivity index (χ1n) is 12.2. The van der Waals surface area contributed by atoms with Crippen LogP contribution in [0.4, 0.5) is 0 Å². The Morgan fingerprint density at radius 2 is 1.76 bits per heavy atom. The summed E-state index contributed by atoms with van der Waals surface area (Å²) in [6.45, 7) is 19.4. The molecular weight excluding hydrogens is 559 g/mol. The molecule has 0 saturated carbocycles. The van der Waals surface area contributed by atoms with Gasteiger partial charge in [-0.25, -0.2) is 4.79 Å². The van der Waals surface area contributed by atoms with Crippen molar-refractivity contribution in [3.8, 4) is 0 Å². The molecule has 0 N–H and O–H groups in total. The summed E-state index contributed by atoms with van der Waals surface area (Å²) in [4.78, 5) is 12.9. The maximum absolute atomic E-state index is 12.9. The van der Waals surface area contributed by atoms with Gasteiger partial charge >= 0.3 is 5.97 Å². The molecule has 1 aromatic rings. The lowest BCUT2D eigenvalue weighted by molar-refractivity contribution is -0.153. The lowest BCUT2D eigenvalue weighted by Crippen LogP contribution is -2.44. The van der Waals surface area contributed by atoms with E-state index in [2.05, 4.69) is 76.4 Å². The second-order valence-corrected chi connectivity index (χ2v) is 17.0. The Labute approximate surface area is 221 Å². The Kier molecular flexibility index (Phi) is 10.4. The summed E-state index contributed by atoms with van der Waals surface area (Å²) >= 11 is 2.34. The lowest BCUT2D eigenvalue weighted by Gasteiger charge is -2.39. The number of carbonyl (C=O) groups is 1. The number of hydrogen-bond acceptors (Lipinski definition) is 5. The van der Waals surface area contributed by atoms with Crippen LogP contribution in [0, 0.1) is 5.92 Å². The molecule has 0 radical (unpaired) electrons. The summed E-state index contributed by atoms with van der Waals surface area (Å²) in [5.41, 5.74) is 0.521. The van der Waals surface area contributed by atoms with Gasteiger partial charge in [-0.1, -0.05) is 74.6 Å². The highest BCUT2D eigenvalue weighted by molar-refractivity contribution is 14.1. The molecule has 0 aliphatic carbocycles. The van der Waals surface area contributed by atoms with Gasteiger partial charge in [0.2, 0.25) is 0 Å². The maximum atomic E-state index is 12.9. The van der Waals surface area contributed by atoms with Crippen molar-refractivity contribution in [2.45, 2.75) is 103 Å². The predicted octanol–water partition coefficient (Wildman–Crippen LogP) is 7.16. The van der Waals surface area contributed by atoms with E-state index < -0.39 is 20.2 Å². The third-order valence-electron chi connectivity index (χ3n) is 6.82. The van der Waals surface area contributed by atoms with E-state index in [0.29, 0.717) is 5.56 Å². The maximum Gasteiger partial charge on any atom is 0.338 e. The third-order valence-corrected chi connectivity index (χ3v) is 12.0. The van der Waals surface area contributed by atoms with Gasteiger partial charge in [-0.15, -0.1) is 0 Å². The number of halogens is 1. The van der Waals surface area contributed by atoms with E-state index >= 15 is 0 Å². The van der Waals surface area contributed by atoms with Crippen molar-refractivity contribution in [2.24, 2.45) is 5.92 Å². The minimum Gasteiger partial charge on any atom is -0.452 e. The monoisotopic (exact) mass is 602 g/mol. The van der Waals surface area contributed by atoms with Crippen molar-refractivity contribution in [1.82, 2.24) is 0 Å². The van der Waals surface area contributed by atoms with Gasteiger partial charge in [-0.3, -0.25) is 0 Å². The van der Waals surface area contributed by atoms with Crippen molar-refractivity contribution in [2.75, 3.05) is 4.43 Å². The van der Waals surface area contributed by atoms with Crippen LogP contribution in [0.5, 0.6) is 0 Å². The number of esters is 1. The van der Waals surface area contributed by atoms with E-state index in [1.54, 1.807) is 12.1 Å². The van der Waals surface area contributed by atoms with Crippen LogP contribution in [-0.4, -0.2) is 48.9 Å². The molecular formula is C27H43IO5Si. The molecule has 1 aliphatic rings. The van der Waals surface area contributed by atoms with Crippen LogP contribution >= 0.6 is 22.6 Å². The van der Waals surface area contributed by atoms with Gasteiger partial charge in [0.05, 0.1) is 11.7 Å². The zero-order valence-electron chi connectivity index (χ0n) is 22.3. The first kappa shape index (κ1) is 29.5. The van der Waals surface area contributed by atoms with Crippen molar-refractivity contribution >= 4 is 36.9 Å². The normalized spacial score (nSPS) is 23.6. The molecule has 1 fully saturated rings. The fourth-order valence-corrected chi connectivity index (χ4v) is 5.76. The Morgan fingerprint density at radius 1 is 1.15 bits per heavy atom. The topological polar surface area (TPSA) is 54.0 Å². The average Bonchev–Trinajstić information content (AvgIpc) is 3.04. The smallest absolute Gasteiger partial charge is 0.338 e. The molecule has 7 heteroatoms. The summed E-state index contributed by atoms with van der Waals surface area (Å²) in [5, 5.41) is 0.145. The molecule has 1 aliphatic heterocycles. The van der Waals surface area contributed by atoms with Gasteiger partial charge in [-0.05, 0) is 69.5 Å². The molecule has 2 rings (SSSR count). The van der Waals surface area contributed by atoms with Crippen LogP contribution in [-0.2, 0) is 18.6 Å². The minimum absolute atomic E-state index is 0.0462. The van der Waals surface area contributed by atoms with E-state index in [0.717, 1.165) is 10.8 Å². The van der Waals surface area contributed by atoms with Gasteiger partial charge in [0.1, 0.15) is 12.2 Å². The number of carbonyl (C=O) groups excluding carboxylic acids is 1. The molecule has 0 aromatic heterocycles. The molecule has 0 amide bonds. The molecule has 34 heavy (non-hydrogen) atoms. The summed E-state index contributed by atoms with van der Waals surface area (Å²) in [7, 11) is -1.89. The van der Waals surface area contributed by atoms with E-state index in [9.17, 15) is 4.79 Å². The highest BCUT2D eigenvalue weighted by Gasteiger charge is 2.45.